The number of amides is 1. The summed E-state index contributed by atoms with van der Waals surface area (Å²) >= 11 is 0. The number of hydrogen-bond acceptors (Lipinski definition) is 5. The summed E-state index contributed by atoms with van der Waals surface area (Å²) in [7, 11) is 0. The van der Waals surface area contributed by atoms with Gasteiger partial charge in [0, 0.05) is 12.8 Å². The molecule has 1 amide bonds. The van der Waals surface area contributed by atoms with Gasteiger partial charge in [-0.15, -0.1) is 0 Å². The van der Waals surface area contributed by atoms with Crippen molar-refractivity contribution >= 4 is 11.9 Å². The first-order valence-electron chi connectivity index (χ1n) is 39.1. The van der Waals surface area contributed by atoms with E-state index >= 15 is 0 Å². The van der Waals surface area contributed by atoms with Crippen molar-refractivity contribution in [1.82, 2.24) is 5.32 Å². The molecule has 2 unspecified atom stereocenters. The number of carbonyl (C=O) groups excluding carboxylic acids is 2. The average Bonchev–Trinajstić information content (AvgIpc) is 3.51. The Morgan fingerprint density at radius 3 is 0.835 bits per heavy atom. The maximum Gasteiger partial charge on any atom is 0.305 e. The van der Waals surface area contributed by atoms with E-state index in [-0.39, 0.29) is 18.5 Å². The first kappa shape index (κ1) is 83.3. The molecule has 0 aliphatic carbocycles. The van der Waals surface area contributed by atoms with Crippen LogP contribution in [0.5, 0.6) is 0 Å². The van der Waals surface area contributed by atoms with Gasteiger partial charge in [-0.05, 0) is 57.8 Å². The van der Waals surface area contributed by atoms with Gasteiger partial charge in [0.1, 0.15) is 0 Å². The lowest BCUT2D eigenvalue weighted by molar-refractivity contribution is -0.143. The van der Waals surface area contributed by atoms with E-state index in [4.69, 9.17) is 4.74 Å². The first-order valence-corrected chi connectivity index (χ1v) is 39.1. The fourth-order valence-corrected chi connectivity index (χ4v) is 12.5. The molecule has 6 nitrogen and oxygen atoms in total. The van der Waals surface area contributed by atoms with E-state index in [1.165, 1.54) is 379 Å². The molecule has 3 N–H and O–H groups in total. The zero-order valence-electron chi connectivity index (χ0n) is 57.9. The average molecular weight is 1200 g/mol. The van der Waals surface area contributed by atoms with Gasteiger partial charge in [0.2, 0.25) is 5.91 Å². The number of carbonyl (C=O) groups is 2. The summed E-state index contributed by atoms with van der Waals surface area (Å²) in [6, 6.07) is -0.621. The van der Waals surface area contributed by atoms with Gasteiger partial charge in [-0.1, -0.05) is 398 Å². The highest BCUT2D eigenvalue weighted by Crippen LogP contribution is 2.20. The summed E-state index contributed by atoms with van der Waals surface area (Å²) in [5.41, 5.74) is 0. The number of allylic oxidation sites excluding steroid dienone is 3. The Labute approximate surface area is 532 Å². The van der Waals surface area contributed by atoms with Crippen molar-refractivity contribution in [3.05, 3.63) is 24.3 Å². The first-order chi connectivity index (χ1) is 42.0. The monoisotopic (exact) mass is 1200 g/mol. The van der Waals surface area contributed by atoms with Crippen LogP contribution in [0.1, 0.15) is 444 Å². The molecule has 85 heavy (non-hydrogen) atoms. The van der Waals surface area contributed by atoms with Crippen LogP contribution < -0.4 is 5.32 Å². The number of aliphatic hydroxyl groups excluding tert-OH is 2. The van der Waals surface area contributed by atoms with Crippen LogP contribution in [0.4, 0.5) is 0 Å². The van der Waals surface area contributed by atoms with E-state index < -0.39 is 12.1 Å². The molecule has 504 valence electrons. The predicted octanol–water partition coefficient (Wildman–Crippen LogP) is 25.7. The van der Waals surface area contributed by atoms with Crippen LogP contribution in [-0.2, 0) is 14.3 Å². The second-order valence-electron chi connectivity index (χ2n) is 27.0. The van der Waals surface area contributed by atoms with Crippen LogP contribution in [0, 0.1) is 0 Å². The van der Waals surface area contributed by atoms with Crippen LogP contribution in [-0.4, -0.2) is 47.4 Å². The highest BCUT2D eigenvalue weighted by molar-refractivity contribution is 5.76. The summed E-state index contributed by atoms with van der Waals surface area (Å²) < 4.78 is 5.52. The molecule has 0 aliphatic heterocycles. The molecule has 0 saturated heterocycles. The number of hydrogen-bond donors (Lipinski definition) is 3. The minimum Gasteiger partial charge on any atom is -0.466 e. The van der Waals surface area contributed by atoms with E-state index in [0.29, 0.717) is 19.4 Å². The fourth-order valence-electron chi connectivity index (χ4n) is 12.5. The van der Waals surface area contributed by atoms with Crippen LogP contribution in [0.25, 0.3) is 0 Å². The van der Waals surface area contributed by atoms with E-state index in [1.54, 1.807) is 6.08 Å². The molecule has 0 heterocycles. The van der Waals surface area contributed by atoms with Crippen LogP contribution in [0.15, 0.2) is 24.3 Å². The van der Waals surface area contributed by atoms with Crippen molar-refractivity contribution < 1.29 is 24.5 Å². The molecule has 0 radical (unpaired) electrons. The van der Waals surface area contributed by atoms with Crippen molar-refractivity contribution in [1.29, 1.82) is 0 Å². The molecule has 0 saturated carbocycles. The van der Waals surface area contributed by atoms with Gasteiger partial charge in [0.25, 0.3) is 0 Å². The van der Waals surface area contributed by atoms with Crippen molar-refractivity contribution in [2.75, 3.05) is 13.2 Å². The van der Waals surface area contributed by atoms with Crippen LogP contribution >= 0.6 is 0 Å². The molecule has 0 aromatic carbocycles. The largest absolute Gasteiger partial charge is 0.466 e. The highest BCUT2D eigenvalue weighted by atomic mass is 16.5. The summed E-state index contributed by atoms with van der Waals surface area (Å²) in [5.74, 6) is -0.0375. The van der Waals surface area contributed by atoms with Crippen LogP contribution in [0.3, 0.4) is 0 Å². The Morgan fingerprint density at radius 2 is 0.553 bits per heavy atom. The lowest BCUT2D eigenvalue weighted by Gasteiger charge is -2.20. The van der Waals surface area contributed by atoms with Crippen molar-refractivity contribution in [2.45, 2.75) is 456 Å². The molecule has 0 fully saturated rings. The van der Waals surface area contributed by atoms with Gasteiger partial charge in [-0.3, -0.25) is 9.59 Å². The Kier molecular flexibility index (Phi) is 73.3. The second kappa shape index (κ2) is 74.8. The molecule has 0 rings (SSSR count). The van der Waals surface area contributed by atoms with Crippen LogP contribution in [0.2, 0.25) is 0 Å². The maximum atomic E-state index is 12.4. The highest BCUT2D eigenvalue weighted by Gasteiger charge is 2.18. The number of esters is 1. The molecule has 0 bridgehead atoms. The van der Waals surface area contributed by atoms with Gasteiger partial charge >= 0.3 is 5.97 Å². The van der Waals surface area contributed by atoms with E-state index in [2.05, 4.69) is 31.3 Å². The van der Waals surface area contributed by atoms with Crippen molar-refractivity contribution in [2.24, 2.45) is 0 Å². The lowest BCUT2D eigenvalue weighted by atomic mass is 10.0. The summed E-state index contributed by atoms with van der Waals surface area (Å²) in [6.45, 7) is 4.92. The SMILES string of the molecule is CCCCCCCC/C=C\CCCCCCCCCCCC(=O)OCCCCCCCCCCCCCCCCCCCCCCCCCCCCCCCCCCCCCCCCCC(=O)NC(CO)C(O)/C=C/CCCCCCCCCC. The standard InChI is InChI=1S/C79H153NO5/c1-3-5-7-9-11-13-15-16-17-18-40-44-47-50-53-57-61-65-69-73-79(84)85-74-70-66-62-58-54-51-48-45-42-39-37-35-33-31-29-27-25-23-21-19-20-22-24-26-28-30-32-34-36-38-41-43-46-49-52-56-60-64-68-72-78(83)80-76(75-81)77(82)71-67-63-59-55-14-12-10-8-6-4-2/h16-17,67,71,76-77,81-82H,3-15,18-66,68-70,72-75H2,1-2H3,(H,80,83)/b17-16-,71-67+. The molecule has 0 aromatic heterocycles. The summed E-state index contributed by atoms with van der Waals surface area (Å²) in [6.07, 6.45) is 96.1. The Bertz CT molecular complexity index is 1330. The molecule has 0 aliphatic rings. The van der Waals surface area contributed by atoms with Crippen molar-refractivity contribution in [3.63, 3.8) is 0 Å². The Morgan fingerprint density at radius 1 is 0.318 bits per heavy atom. The number of unbranched alkanes of at least 4 members (excludes halogenated alkanes) is 61. The summed E-state index contributed by atoms with van der Waals surface area (Å²) in [4.78, 5) is 24.6. The van der Waals surface area contributed by atoms with Gasteiger partial charge in [0.05, 0.1) is 25.4 Å². The fraction of sp³-hybridized carbons (Fsp3) is 0.924. The summed E-state index contributed by atoms with van der Waals surface area (Å²) in [5, 5.41) is 23.0. The second-order valence-corrected chi connectivity index (χ2v) is 27.0. The normalized spacial score (nSPS) is 12.6. The quantitative estimate of drug-likeness (QED) is 0.0320. The lowest BCUT2D eigenvalue weighted by Crippen LogP contribution is -2.45. The topological polar surface area (TPSA) is 95.9 Å². The molecule has 6 heteroatoms. The van der Waals surface area contributed by atoms with E-state index in [9.17, 15) is 19.8 Å². The molecular formula is C79H153NO5. The third-order valence-electron chi connectivity index (χ3n) is 18.5. The number of aliphatic hydroxyl groups is 2. The number of ether oxygens (including phenoxy) is 1. The van der Waals surface area contributed by atoms with Gasteiger partial charge in [-0.2, -0.15) is 0 Å². The minimum atomic E-state index is -0.838. The minimum absolute atomic E-state index is 0.0242. The third kappa shape index (κ3) is 71.3. The van der Waals surface area contributed by atoms with Gasteiger partial charge < -0.3 is 20.3 Å². The molecule has 0 spiro atoms. The van der Waals surface area contributed by atoms with Gasteiger partial charge in [0.15, 0.2) is 0 Å². The van der Waals surface area contributed by atoms with E-state index in [0.717, 1.165) is 38.5 Å². The third-order valence-corrected chi connectivity index (χ3v) is 18.5. The maximum absolute atomic E-state index is 12.4. The zero-order chi connectivity index (χ0) is 61.3. The molecule has 0 aromatic rings. The number of rotatable bonds is 74. The molecule has 2 atom stereocenters. The van der Waals surface area contributed by atoms with Crippen molar-refractivity contribution in [3.8, 4) is 0 Å². The Balaban J connectivity index is 3.26. The Hall–Kier alpha value is -1.66. The smallest absolute Gasteiger partial charge is 0.305 e. The van der Waals surface area contributed by atoms with E-state index in [1.807, 2.05) is 6.08 Å². The van der Waals surface area contributed by atoms with Gasteiger partial charge in [-0.25, -0.2) is 0 Å². The molecular weight excluding hydrogens is 1040 g/mol. The number of nitrogens with one attached hydrogen (secondary N) is 1. The zero-order valence-corrected chi connectivity index (χ0v) is 57.9. The predicted molar refractivity (Wildman–Crippen MR) is 375 cm³/mol.